The number of aryl methyl sites for hydroxylation is 1. The van der Waals surface area contributed by atoms with Gasteiger partial charge in [0, 0.05) is 21.2 Å². The van der Waals surface area contributed by atoms with Gasteiger partial charge in [-0.3, -0.25) is 9.52 Å². The third kappa shape index (κ3) is 6.87. The van der Waals surface area contributed by atoms with Crippen LogP contribution in [0.15, 0.2) is 36.7 Å². The van der Waals surface area contributed by atoms with Gasteiger partial charge in [0.05, 0.1) is 35.8 Å². The lowest BCUT2D eigenvalue weighted by atomic mass is 10.1. The summed E-state index contributed by atoms with van der Waals surface area (Å²) in [5.74, 6) is 0.467. The molecule has 3 N–H and O–H groups in total. The summed E-state index contributed by atoms with van der Waals surface area (Å²) in [5, 5.41) is 12.3. The van der Waals surface area contributed by atoms with Crippen LogP contribution in [0.5, 0.6) is 5.75 Å². The Hall–Kier alpha value is -2.73. The van der Waals surface area contributed by atoms with Crippen molar-refractivity contribution in [3.8, 4) is 17.1 Å². The number of halogens is 1. The summed E-state index contributed by atoms with van der Waals surface area (Å²) in [6.45, 7) is 5.19. The number of aliphatic hydroxyl groups is 1. The topological polar surface area (TPSA) is 131 Å². The number of anilines is 2. The van der Waals surface area contributed by atoms with Gasteiger partial charge in [0.25, 0.3) is 5.91 Å². The molecule has 2 heterocycles. The van der Waals surface area contributed by atoms with Gasteiger partial charge in [0.2, 0.25) is 10.0 Å². The Labute approximate surface area is 200 Å². The third-order valence-electron chi connectivity index (χ3n) is 4.24. The molecule has 9 nitrogen and oxygen atoms in total. The van der Waals surface area contributed by atoms with E-state index < -0.39 is 15.6 Å². The van der Waals surface area contributed by atoms with Crippen LogP contribution in [0.25, 0.3) is 11.4 Å². The van der Waals surface area contributed by atoms with Crippen molar-refractivity contribution in [1.29, 1.82) is 0 Å². The summed E-state index contributed by atoms with van der Waals surface area (Å²) in [6.07, 6.45) is 4.05. The van der Waals surface area contributed by atoms with Crippen LogP contribution in [0.4, 0.5) is 11.4 Å². The zero-order valence-corrected chi connectivity index (χ0v) is 20.7. The van der Waals surface area contributed by atoms with E-state index in [1.165, 1.54) is 41.9 Å². The van der Waals surface area contributed by atoms with Gasteiger partial charge in [0.1, 0.15) is 5.60 Å². The number of carbonyl (C=O) groups excluding carboxylic acids is 1. The number of nitrogens with one attached hydrogen (secondary N) is 2. The van der Waals surface area contributed by atoms with Crippen molar-refractivity contribution in [2.45, 2.75) is 26.4 Å². The van der Waals surface area contributed by atoms with Crippen LogP contribution in [0.3, 0.4) is 0 Å². The van der Waals surface area contributed by atoms with Crippen molar-refractivity contribution < 1.29 is 23.1 Å². The molecule has 0 radical (unpaired) electrons. The second-order valence-electron chi connectivity index (χ2n) is 7.90. The average molecular weight is 511 g/mol. The molecule has 2 aromatic heterocycles. The Morgan fingerprint density at radius 1 is 1.18 bits per heavy atom. The van der Waals surface area contributed by atoms with Gasteiger partial charge in [0.15, 0.2) is 11.6 Å². The molecule has 12 heteroatoms. The lowest BCUT2D eigenvalue weighted by Crippen LogP contribution is -2.32. The number of benzene rings is 1. The summed E-state index contributed by atoms with van der Waals surface area (Å²) in [5.41, 5.74) is 0.522. The van der Waals surface area contributed by atoms with Crippen LogP contribution in [-0.2, 0) is 10.0 Å². The molecule has 0 aliphatic carbocycles. The number of amides is 1. The normalized spacial score (nSPS) is 11.8. The Kier molecular flexibility index (Phi) is 7.27. The summed E-state index contributed by atoms with van der Waals surface area (Å²) in [7, 11) is -3.49. The molecule has 0 bridgehead atoms. The molecular weight excluding hydrogens is 488 g/mol. The number of nitrogens with zero attached hydrogens (tertiary/aromatic N) is 2. The van der Waals surface area contributed by atoms with Crippen molar-refractivity contribution in [2.75, 3.05) is 22.9 Å². The van der Waals surface area contributed by atoms with Gasteiger partial charge in [-0.1, -0.05) is 11.6 Å². The number of rotatable bonds is 8. The van der Waals surface area contributed by atoms with E-state index in [9.17, 15) is 18.3 Å². The maximum absolute atomic E-state index is 12.8. The Morgan fingerprint density at radius 3 is 2.42 bits per heavy atom. The first-order chi connectivity index (χ1) is 15.3. The van der Waals surface area contributed by atoms with E-state index in [4.69, 9.17) is 16.3 Å². The predicted molar refractivity (Wildman–Crippen MR) is 130 cm³/mol. The predicted octanol–water partition coefficient (Wildman–Crippen LogP) is 3.94. The van der Waals surface area contributed by atoms with E-state index in [0.717, 1.165) is 11.1 Å². The number of ether oxygens (including phenoxy) is 1. The molecule has 1 aromatic carbocycles. The zero-order valence-electron chi connectivity index (χ0n) is 18.3. The third-order valence-corrected chi connectivity index (χ3v) is 6.12. The molecule has 176 valence electrons. The highest BCUT2D eigenvalue weighted by Gasteiger charge is 2.20. The van der Waals surface area contributed by atoms with Crippen LogP contribution in [0.1, 0.15) is 28.4 Å². The lowest BCUT2D eigenvalue weighted by Gasteiger charge is -2.23. The van der Waals surface area contributed by atoms with Crippen molar-refractivity contribution in [1.82, 2.24) is 9.97 Å². The number of sulfonamides is 1. The summed E-state index contributed by atoms with van der Waals surface area (Å²) in [4.78, 5) is 22.7. The van der Waals surface area contributed by atoms with Crippen LogP contribution >= 0.6 is 22.9 Å². The van der Waals surface area contributed by atoms with E-state index in [-0.39, 0.29) is 23.2 Å². The first kappa shape index (κ1) is 24.9. The van der Waals surface area contributed by atoms with E-state index in [0.29, 0.717) is 27.7 Å². The second-order valence-corrected chi connectivity index (χ2v) is 11.3. The van der Waals surface area contributed by atoms with Crippen molar-refractivity contribution in [2.24, 2.45) is 0 Å². The number of hydrogen-bond acceptors (Lipinski definition) is 8. The molecule has 0 spiro atoms. The minimum Gasteiger partial charge on any atom is -0.482 e. The smallest absolute Gasteiger partial charge is 0.265 e. The van der Waals surface area contributed by atoms with Crippen LogP contribution in [0.2, 0.25) is 5.02 Å². The highest BCUT2D eigenvalue weighted by atomic mass is 35.5. The van der Waals surface area contributed by atoms with E-state index in [1.54, 1.807) is 19.9 Å². The molecule has 0 fully saturated rings. The molecule has 0 unspecified atom stereocenters. The molecule has 33 heavy (non-hydrogen) atoms. The van der Waals surface area contributed by atoms with Crippen LogP contribution < -0.4 is 14.8 Å². The molecular formula is C21H23ClN4O5S2. The molecule has 3 aromatic rings. The minimum absolute atomic E-state index is 0.157. The van der Waals surface area contributed by atoms with E-state index in [2.05, 4.69) is 20.0 Å². The number of carbonyl (C=O) groups is 1. The maximum Gasteiger partial charge on any atom is 0.265 e. The van der Waals surface area contributed by atoms with Crippen molar-refractivity contribution >= 4 is 50.2 Å². The lowest BCUT2D eigenvalue weighted by molar-refractivity contribution is 0.0406. The molecule has 0 aliphatic rings. The highest BCUT2D eigenvalue weighted by Crippen LogP contribution is 2.31. The summed E-state index contributed by atoms with van der Waals surface area (Å²) in [6, 6.07) is 6.12. The average Bonchev–Trinajstić information content (AvgIpc) is 3.08. The minimum atomic E-state index is -3.49. The van der Waals surface area contributed by atoms with Gasteiger partial charge in [-0.2, -0.15) is 0 Å². The monoisotopic (exact) mass is 510 g/mol. The summed E-state index contributed by atoms with van der Waals surface area (Å²) >= 11 is 7.33. The van der Waals surface area contributed by atoms with Crippen LogP contribution in [0, 0.1) is 6.92 Å². The van der Waals surface area contributed by atoms with E-state index in [1.807, 2.05) is 6.92 Å². The van der Waals surface area contributed by atoms with Crippen molar-refractivity contribution in [3.05, 3.63) is 51.4 Å². The number of aromatic nitrogens is 2. The second kappa shape index (κ2) is 9.64. The SMILES string of the molecule is Cc1sc(C(=O)Nc2cc(Cl)cc(NS(C)(=O)=O)c2)cc1-c1ncc(OC(C)(C)CO)cn1. The van der Waals surface area contributed by atoms with Crippen molar-refractivity contribution in [3.63, 3.8) is 0 Å². The first-order valence-corrected chi connectivity index (χ1v) is 12.8. The number of aliphatic hydroxyl groups excluding tert-OH is 1. The van der Waals surface area contributed by atoms with Gasteiger partial charge in [-0.05, 0) is 45.0 Å². The van der Waals surface area contributed by atoms with Crippen LogP contribution in [-0.4, -0.2) is 47.9 Å². The van der Waals surface area contributed by atoms with E-state index >= 15 is 0 Å². The Balaban J connectivity index is 1.78. The molecule has 0 saturated heterocycles. The molecule has 0 aliphatic heterocycles. The molecule has 1 amide bonds. The Morgan fingerprint density at radius 2 is 1.82 bits per heavy atom. The fraction of sp³-hybridized carbons (Fsp3) is 0.286. The number of thiophene rings is 1. The van der Waals surface area contributed by atoms with Gasteiger partial charge < -0.3 is 15.2 Å². The molecule has 0 saturated carbocycles. The quantitative estimate of drug-likeness (QED) is 0.418. The molecule has 3 rings (SSSR count). The highest BCUT2D eigenvalue weighted by molar-refractivity contribution is 7.92. The largest absolute Gasteiger partial charge is 0.482 e. The fourth-order valence-electron chi connectivity index (χ4n) is 2.80. The van der Waals surface area contributed by atoms with Gasteiger partial charge in [-0.25, -0.2) is 18.4 Å². The fourth-order valence-corrected chi connectivity index (χ4v) is 4.49. The molecule has 0 atom stereocenters. The van der Waals surface area contributed by atoms with Gasteiger partial charge in [-0.15, -0.1) is 11.3 Å². The maximum atomic E-state index is 12.8. The first-order valence-electron chi connectivity index (χ1n) is 9.68. The number of hydrogen-bond donors (Lipinski definition) is 3. The standard InChI is InChI=1S/C21H23ClN4O5S2/c1-12-17(19-23-9-16(10-24-19)31-21(2,3)11-27)8-18(32-12)20(28)25-14-5-13(22)6-15(7-14)26-33(4,29)30/h5-10,26-27H,11H2,1-4H3,(H,25,28). The summed E-state index contributed by atoms with van der Waals surface area (Å²) < 4.78 is 30.9. The Bertz CT molecular complexity index is 1270. The zero-order chi connectivity index (χ0) is 24.4. The van der Waals surface area contributed by atoms with Gasteiger partial charge >= 0.3 is 0 Å².